The standard InChI is InChI=1S/C12H15FO5/c1-17-10-4-3-7(13)5-8(10)12(16)9(14)6-11(15)18-2/h3-5,9,12,14,16H,6H2,1-2H3. The fraction of sp³-hybridized carbons (Fsp3) is 0.417. The molecule has 5 nitrogen and oxygen atoms in total. The van der Waals surface area contributed by atoms with Crippen LogP contribution in [0.4, 0.5) is 4.39 Å². The Morgan fingerprint density at radius 1 is 1.39 bits per heavy atom. The van der Waals surface area contributed by atoms with E-state index >= 15 is 0 Å². The van der Waals surface area contributed by atoms with Gasteiger partial charge in [-0.25, -0.2) is 4.39 Å². The molecular formula is C12H15FO5. The molecule has 1 aromatic carbocycles. The molecule has 18 heavy (non-hydrogen) atoms. The zero-order valence-electron chi connectivity index (χ0n) is 10.1. The van der Waals surface area contributed by atoms with Crippen molar-refractivity contribution in [1.82, 2.24) is 0 Å². The topological polar surface area (TPSA) is 76.0 Å². The normalized spacial score (nSPS) is 13.8. The molecule has 0 fully saturated rings. The summed E-state index contributed by atoms with van der Waals surface area (Å²) in [5, 5.41) is 19.5. The summed E-state index contributed by atoms with van der Waals surface area (Å²) in [4.78, 5) is 11.0. The fourth-order valence-electron chi connectivity index (χ4n) is 1.51. The van der Waals surface area contributed by atoms with Gasteiger partial charge in [0.15, 0.2) is 0 Å². The molecular weight excluding hydrogens is 243 g/mol. The summed E-state index contributed by atoms with van der Waals surface area (Å²) in [7, 11) is 2.53. The van der Waals surface area contributed by atoms with Crippen molar-refractivity contribution in [2.24, 2.45) is 0 Å². The minimum atomic E-state index is -1.44. The van der Waals surface area contributed by atoms with Gasteiger partial charge in [-0.1, -0.05) is 0 Å². The Balaban J connectivity index is 2.91. The van der Waals surface area contributed by atoms with Gasteiger partial charge < -0.3 is 19.7 Å². The quantitative estimate of drug-likeness (QED) is 0.764. The monoisotopic (exact) mass is 258 g/mol. The molecule has 0 bridgehead atoms. The Morgan fingerprint density at radius 3 is 2.61 bits per heavy atom. The number of aliphatic hydroxyl groups excluding tert-OH is 2. The van der Waals surface area contributed by atoms with Crippen LogP contribution in [-0.4, -0.2) is 36.5 Å². The number of hydrogen-bond donors (Lipinski definition) is 2. The van der Waals surface area contributed by atoms with Crippen LogP contribution in [0.1, 0.15) is 18.1 Å². The molecule has 0 amide bonds. The molecule has 1 aromatic rings. The van der Waals surface area contributed by atoms with Crippen LogP contribution >= 0.6 is 0 Å². The van der Waals surface area contributed by atoms with E-state index in [1.165, 1.54) is 26.4 Å². The number of methoxy groups -OCH3 is 2. The summed E-state index contributed by atoms with van der Waals surface area (Å²) >= 11 is 0. The van der Waals surface area contributed by atoms with E-state index in [1.54, 1.807) is 0 Å². The summed E-state index contributed by atoms with van der Waals surface area (Å²) in [5.41, 5.74) is 0.0777. The lowest BCUT2D eigenvalue weighted by molar-refractivity contribution is -0.144. The van der Waals surface area contributed by atoms with Gasteiger partial charge in [0.2, 0.25) is 0 Å². The second kappa shape index (κ2) is 6.32. The van der Waals surface area contributed by atoms with Gasteiger partial charge >= 0.3 is 5.97 Å². The van der Waals surface area contributed by atoms with Gasteiger partial charge in [0, 0.05) is 5.56 Å². The zero-order valence-corrected chi connectivity index (χ0v) is 10.1. The molecule has 2 atom stereocenters. The molecule has 0 aliphatic rings. The molecule has 0 saturated carbocycles. The molecule has 0 aromatic heterocycles. The third-order valence-electron chi connectivity index (χ3n) is 2.48. The van der Waals surface area contributed by atoms with Crippen molar-refractivity contribution in [3.05, 3.63) is 29.6 Å². The number of ether oxygens (including phenoxy) is 2. The van der Waals surface area contributed by atoms with Crippen molar-refractivity contribution in [3.63, 3.8) is 0 Å². The van der Waals surface area contributed by atoms with Crippen LogP contribution in [0, 0.1) is 5.82 Å². The highest BCUT2D eigenvalue weighted by atomic mass is 19.1. The van der Waals surface area contributed by atoms with Gasteiger partial charge in [-0.2, -0.15) is 0 Å². The SMILES string of the molecule is COC(=O)CC(O)C(O)c1cc(F)ccc1OC. The Hall–Kier alpha value is -1.66. The van der Waals surface area contributed by atoms with Gasteiger partial charge in [-0.3, -0.25) is 4.79 Å². The van der Waals surface area contributed by atoms with Crippen LogP contribution < -0.4 is 4.74 Å². The van der Waals surface area contributed by atoms with E-state index in [-0.39, 0.29) is 11.3 Å². The van der Waals surface area contributed by atoms with Crippen LogP contribution in [-0.2, 0) is 9.53 Å². The molecule has 0 radical (unpaired) electrons. The van der Waals surface area contributed by atoms with E-state index in [4.69, 9.17) is 4.74 Å². The second-order valence-electron chi connectivity index (χ2n) is 3.68. The average Bonchev–Trinajstić information content (AvgIpc) is 2.37. The Morgan fingerprint density at radius 2 is 2.06 bits per heavy atom. The summed E-state index contributed by atoms with van der Waals surface area (Å²) in [5.74, 6) is -1.01. The molecule has 0 saturated heterocycles. The molecule has 1 rings (SSSR count). The van der Waals surface area contributed by atoms with Crippen LogP contribution in [0.25, 0.3) is 0 Å². The lowest BCUT2D eigenvalue weighted by Gasteiger charge is -2.19. The second-order valence-corrected chi connectivity index (χ2v) is 3.68. The molecule has 2 N–H and O–H groups in total. The Bertz CT molecular complexity index is 421. The number of aliphatic hydroxyl groups is 2. The minimum absolute atomic E-state index is 0.0777. The van der Waals surface area contributed by atoms with Crippen molar-refractivity contribution in [1.29, 1.82) is 0 Å². The number of halogens is 1. The third kappa shape index (κ3) is 3.41. The predicted molar refractivity (Wildman–Crippen MR) is 60.6 cm³/mol. The van der Waals surface area contributed by atoms with Crippen molar-refractivity contribution >= 4 is 5.97 Å². The summed E-state index contributed by atoms with van der Waals surface area (Å²) < 4.78 is 22.4. The van der Waals surface area contributed by atoms with Gasteiger partial charge in [0.1, 0.15) is 17.7 Å². The van der Waals surface area contributed by atoms with Crippen molar-refractivity contribution in [2.45, 2.75) is 18.6 Å². The first-order chi connectivity index (χ1) is 8.49. The van der Waals surface area contributed by atoms with Crippen LogP contribution in [0.15, 0.2) is 18.2 Å². The van der Waals surface area contributed by atoms with Crippen molar-refractivity contribution in [3.8, 4) is 5.75 Å². The maximum absolute atomic E-state index is 13.1. The highest BCUT2D eigenvalue weighted by molar-refractivity contribution is 5.69. The molecule has 0 aliphatic heterocycles. The Kier molecular flexibility index (Phi) is 5.06. The van der Waals surface area contributed by atoms with E-state index in [0.717, 1.165) is 6.07 Å². The van der Waals surface area contributed by atoms with E-state index in [2.05, 4.69) is 4.74 Å². The maximum Gasteiger partial charge on any atom is 0.308 e. The summed E-state index contributed by atoms with van der Waals surface area (Å²) in [6, 6.07) is 3.55. The molecule has 6 heteroatoms. The van der Waals surface area contributed by atoms with Crippen molar-refractivity contribution < 1.29 is 28.9 Å². The average molecular weight is 258 g/mol. The first-order valence-corrected chi connectivity index (χ1v) is 5.26. The predicted octanol–water partition coefficient (Wildman–Crippen LogP) is 0.792. The first kappa shape index (κ1) is 14.4. The van der Waals surface area contributed by atoms with Crippen LogP contribution in [0.5, 0.6) is 5.75 Å². The van der Waals surface area contributed by atoms with Crippen LogP contribution in [0.2, 0.25) is 0 Å². The molecule has 0 aliphatic carbocycles. The van der Waals surface area contributed by atoms with Gasteiger partial charge in [0.05, 0.1) is 26.7 Å². The van der Waals surface area contributed by atoms with E-state index < -0.39 is 30.4 Å². The number of benzene rings is 1. The highest BCUT2D eigenvalue weighted by Crippen LogP contribution is 2.29. The minimum Gasteiger partial charge on any atom is -0.496 e. The zero-order chi connectivity index (χ0) is 13.7. The molecule has 100 valence electrons. The maximum atomic E-state index is 13.1. The smallest absolute Gasteiger partial charge is 0.308 e. The lowest BCUT2D eigenvalue weighted by Crippen LogP contribution is -2.23. The lowest BCUT2D eigenvalue weighted by atomic mass is 10.0. The largest absolute Gasteiger partial charge is 0.496 e. The molecule has 0 heterocycles. The van der Waals surface area contributed by atoms with E-state index in [9.17, 15) is 19.4 Å². The fourth-order valence-corrected chi connectivity index (χ4v) is 1.51. The van der Waals surface area contributed by atoms with Crippen LogP contribution in [0.3, 0.4) is 0 Å². The Labute approximate surface area is 104 Å². The molecule has 0 spiro atoms. The highest BCUT2D eigenvalue weighted by Gasteiger charge is 2.25. The summed E-state index contributed by atoms with van der Waals surface area (Å²) in [6.45, 7) is 0. The number of carbonyl (C=O) groups excluding carboxylic acids is 1. The number of carbonyl (C=O) groups is 1. The van der Waals surface area contributed by atoms with Crippen molar-refractivity contribution in [2.75, 3.05) is 14.2 Å². The molecule has 2 unspecified atom stereocenters. The third-order valence-corrected chi connectivity index (χ3v) is 2.48. The van der Waals surface area contributed by atoms with Gasteiger partial charge in [-0.15, -0.1) is 0 Å². The summed E-state index contributed by atoms with van der Waals surface area (Å²) in [6.07, 6.45) is -3.22. The van der Waals surface area contributed by atoms with Gasteiger partial charge in [-0.05, 0) is 18.2 Å². The number of hydrogen-bond acceptors (Lipinski definition) is 5. The van der Waals surface area contributed by atoms with E-state index in [0.29, 0.717) is 0 Å². The van der Waals surface area contributed by atoms with E-state index in [1.807, 2.05) is 0 Å². The first-order valence-electron chi connectivity index (χ1n) is 5.26. The number of rotatable bonds is 5. The van der Waals surface area contributed by atoms with Gasteiger partial charge in [0.25, 0.3) is 0 Å². The number of esters is 1.